The monoisotopic (exact) mass is 145 g/mol. The zero-order valence-electron chi connectivity index (χ0n) is 6.05. The second kappa shape index (κ2) is 2.21. The zero-order chi connectivity index (χ0) is 7.78. The van der Waals surface area contributed by atoms with Gasteiger partial charge in [0.25, 0.3) is 0 Å². The van der Waals surface area contributed by atoms with Gasteiger partial charge in [-0.2, -0.15) is 0 Å². The van der Waals surface area contributed by atoms with Gasteiger partial charge in [0.2, 0.25) is 0 Å². The van der Waals surface area contributed by atoms with E-state index >= 15 is 0 Å². The Morgan fingerprint density at radius 3 is 2.60 bits per heavy atom. The molecule has 58 valence electrons. The number of nitrogens with one attached hydrogen (secondary N) is 1. The summed E-state index contributed by atoms with van der Waals surface area (Å²) in [5.41, 5.74) is -0.483. The Morgan fingerprint density at radius 2 is 2.40 bits per heavy atom. The first-order valence-electron chi connectivity index (χ1n) is 3.16. The Hall–Kier alpha value is -0.610. The molecule has 1 saturated heterocycles. The first-order chi connectivity index (χ1) is 4.51. The maximum atomic E-state index is 10.3. The summed E-state index contributed by atoms with van der Waals surface area (Å²) in [6, 6.07) is -0.546. The molecule has 0 bridgehead atoms. The fraction of sp³-hybridized carbons (Fsp3) is 0.833. The van der Waals surface area contributed by atoms with Gasteiger partial charge in [0.05, 0.1) is 6.61 Å². The lowest BCUT2D eigenvalue weighted by molar-refractivity contribution is -0.139. The minimum absolute atomic E-state index is 0.252. The van der Waals surface area contributed by atoms with Crippen LogP contribution in [0.5, 0.6) is 0 Å². The quantitative estimate of drug-likeness (QED) is 0.536. The van der Waals surface area contributed by atoms with E-state index in [-0.39, 0.29) is 6.61 Å². The van der Waals surface area contributed by atoms with E-state index in [1.807, 2.05) is 0 Å². The van der Waals surface area contributed by atoms with E-state index in [0.717, 1.165) is 0 Å². The van der Waals surface area contributed by atoms with E-state index < -0.39 is 17.7 Å². The van der Waals surface area contributed by atoms with Crippen LogP contribution in [0.25, 0.3) is 0 Å². The second-order valence-electron chi connectivity index (χ2n) is 2.86. The highest BCUT2D eigenvalue weighted by molar-refractivity contribution is 5.74. The van der Waals surface area contributed by atoms with Crippen LogP contribution in [0, 0.1) is 0 Å². The fourth-order valence-corrected chi connectivity index (χ4v) is 0.928. The maximum absolute atomic E-state index is 10.3. The molecule has 0 unspecified atom stereocenters. The standard InChI is InChI=1S/C6H11NO3/c1-6(2)7-4(3-10-6)5(8)9/h4,7H,3H2,1-2H3,(H,8,9)/t4-/m0/s1. The third-order valence-corrected chi connectivity index (χ3v) is 1.43. The van der Waals surface area contributed by atoms with Gasteiger partial charge in [-0.3, -0.25) is 10.1 Å². The molecule has 4 heteroatoms. The number of carboxylic acid groups (broad SMARTS) is 1. The van der Waals surface area contributed by atoms with E-state index in [1.54, 1.807) is 13.8 Å². The van der Waals surface area contributed by atoms with Crippen LogP contribution in [0.15, 0.2) is 0 Å². The van der Waals surface area contributed by atoms with Gasteiger partial charge in [0.15, 0.2) is 0 Å². The molecule has 1 aliphatic rings. The summed E-state index contributed by atoms with van der Waals surface area (Å²) in [6.45, 7) is 3.86. The van der Waals surface area contributed by atoms with Crippen LogP contribution in [-0.2, 0) is 9.53 Å². The molecule has 1 aliphatic heterocycles. The first kappa shape index (κ1) is 7.50. The molecule has 0 aromatic rings. The van der Waals surface area contributed by atoms with Gasteiger partial charge in [-0.1, -0.05) is 0 Å². The molecule has 1 atom stereocenters. The number of rotatable bonds is 1. The summed E-state index contributed by atoms with van der Waals surface area (Å²) in [7, 11) is 0. The molecule has 1 rings (SSSR count). The summed E-state index contributed by atoms with van der Waals surface area (Å²) in [5, 5.41) is 11.3. The van der Waals surface area contributed by atoms with Crippen molar-refractivity contribution < 1.29 is 14.6 Å². The van der Waals surface area contributed by atoms with Crippen LogP contribution < -0.4 is 5.32 Å². The Balaban J connectivity index is 2.51. The zero-order valence-corrected chi connectivity index (χ0v) is 6.05. The summed E-state index contributed by atoms with van der Waals surface area (Å²) in [6.07, 6.45) is 0. The highest BCUT2D eigenvalue weighted by atomic mass is 16.5. The number of aliphatic carboxylic acids is 1. The van der Waals surface area contributed by atoms with Gasteiger partial charge in [-0.15, -0.1) is 0 Å². The molecule has 0 spiro atoms. The summed E-state index contributed by atoms with van der Waals surface area (Å²) < 4.78 is 5.12. The first-order valence-corrected chi connectivity index (χ1v) is 3.16. The lowest BCUT2D eigenvalue weighted by Crippen LogP contribution is -2.42. The molecule has 0 saturated carbocycles. The largest absolute Gasteiger partial charge is 0.480 e. The van der Waals surface area contributed by atoms with Crippen LogP contribution >= 0.6 is 0 Å². The van der Waals surface area contributed by atoms with Crippen LogP contribution in [0.2, 0.25) is 0 Å². The summed E-state index contributed by atoms with van der Waals surface area (Å²) in [5.74, 6) is -0.856. The number of carbonyl (C=O) groups is 1. The van der Waals surface area contributed by atoms with Crippen LogP contribution in [0.4, 0.5) is 0 Å². The SMILES string of the molecule is CC1(C)N[C@H](C(=O)O)CO1. The predicted octanol–water partition coefficient (Wildman–Crippen LogP) is -0.205. The average Bonchev–Trinajstić information content (AvgIpc) is 2.10. The molecule has 10 heavy (non-hydrogen) atoms. The van der Waals surface area contributed by atoms with E-state index in [1.165, 1.54) is 0 Å². The van der Waals surface area contributed by atoms with Crippen molar-refractivity contribution in [1.29, 1.82) is 0 Å². The maximum Gasteiger partial charge on any atom is 0.323 e. The molecule has 0 aliphatic carbocycles. The second-order valence-corrected chi connectivity index (χ2v) is 2.86. The molecule has 1 heterocycles. The van der Waals surface area contributed by atoms with Crippen molar-refractivity contribution in [2.24, 2.45) is 0 Å². The minimum atomic E-state index is -0.856. The molecule has 2 N–H and O–H groups in total. The number of hydrogen-bond donors (Lipinski definition) is 2. The average molecular weight is 145 g/mol. The molecule has 0 aromatic carbocycles. The third kappa shape index (κ3) is 1.46. The Morgan fingerprint density at radius 1 is 1.80 bits per heavy atom. The number of carboxylic acids is 1. The Labute approximate surface area is 59.2 Å². The fourth-order valence-electron chi connectivity index (χ4n) is 0.928. The Kier molecular flexibility index (Phi) is 1.66. The molecule has 0 radical (unpaired) electrons. The summed E-state index contributed by atoms with van der Waals surface area (Å²) in [4.78, 5) is 10.3. The van der Waals surface area contributed by atoms with Crippen LogP contribution in [-0.4, -0.2) is 29.4 Å². The molecule has 4 nitrogen and oxygen atoms in total. The van der Waals surface area contributed by atoms with Crippen molar-refractivity contribution in [1.82, 2.24) is 5.32 Å². The number of hydrogen-bond acceptors (Lipinski definition) is 3. The molecule has 0 amide bonds. The van der Waals surface area contributed by atoms with Gasteiger partial charge in [-0.05, 0) is 13.8 Å². The predicted molar refractivity (Wildman–Crippen MR) is 34.6 cm³/mol. The number of ether oxygens (including phenoxy) is 1. The molecule has 1 fully saturated rings. The van der Waals surface area contributed by atoms with E-state index in [9.17, 15) is 4.79 Å². The summed E-state index contributed by atoms with van der Waals surface area (Å²) >= 11 is 0. The van der Waals surface area contributed by atoms with Crippen LogP contribution in [0.3, 0.4) is 0 Å². The topological polar surface area (TPSA) is 58.6 Å². The van der Waals surface area contributed by atoms with Crippen molar-refractivity contribution >= 4 is 5.97 Å². The van der Waals surface area contributed by atoms with Crippen molar-refractivity contribution in [3.63, 3.8) is 0 Å². The highest BCUT2D eigenvalue weighted by Gasteiger charge is 2.34. The minimum Gasteiger partial charge on any atom is -0.480 e. The van der Waals surface area contributed by atoms with Crippen molar-refractivity contribution in [2.75, 3.05) is 6.61 Å². The van der Waals surface area contributed by atoms with E-state index in [2.05, 4.69) is 5.32 Å². The van der Waals surface area contributed by atoms with Crippen molar-refractivity contribution in [3.05, 3.63) is 0 Å². The van der Waals surface area contributed by atoms with Gasteiger partial charge < -0.3 is 9.84 Å². The molecular formula is C6H11NO3. The van der Waals surface area contributed by atoms with Gasteiger partial charge in [0, 0.05) is 0 Å². The highest BCUT2D eigenvalue weighted by Crippen LogP contribution is 2.13. The third-order valence-electron chi connectivity index (χ3n) is 1.43. The lowest BCUT2D eigenvalue weighted by Gasteiger charge is -2.16. The molecule has 0 aromatic heterocycles. The normalized spacial score (nSPS) is 30.4. The van der Waals surface area contributed by atoms with Gasteiger partial charge in [-0.25, -0.2) is 0 Å². The molecular weight excluding hydrogens is 134 g/mol. The van der Waals surface area contributed by atoms with Crippen LogP contribution in [0.1, 0.15) is 13.8 Å². The van der Waals surface area contributed by atoms with E-state index in [4.69, 9.17) is 9.84 Å². The van der Waals surface area contributed by atoms with E-state index in [0.29, 0.717) is 0 Å². The van der Waals surface area contributed by atoms with Gasteiger partial charge in [0.1, 0.15) is 11.8 Å². The smallest absolute Gasteiger partial charge is 0.323 e. The van der Waals surface area contributed by atoms with Crippen molar-refractivity contribution in [3.8, 4) is 0 Å². The lowest BCUT2D eigenvalue weighted by atomic mass is 10.3. The van der Waals surface area contributed by atoms with Crippen molar-refractivity contribution in [2.45, 2.75) is 25.6 Å². The Bertz CT molecular complexity index is 155. The van der Waals surface area contributed by atoms with Gasteiger partial charge >= 0.3 is 5.97 Å².